The zero-order chi connectivity index (χ0) is 11.1. The third-order valence-corrected chi connectivity index (χ3v) is 1.98. The van der Waals surface area contributed by atoms with Crippen LogP contribution in [0.25, 0.3) is 0 Å². The van der Waals surface area contributed by atoms with Crippen molar-refractivity contribution in [3.8, 4) is 0 Å². The van der Waals surface area contributed by atoms with Crippen molar-refractivity contribution < 1.29 is 26.9 Å². The van der Waals surface area contributed by atoms with Crippen LogP contribution < -0.4 is 17.0 Å². The van der Waals surface area contributed by atoms with E-state index in [1.807, 2.05) is 47.7 Å². The van der Waals surface area contributed by atoms with E-state index < -0.39 is 0 Å². The fourth-order valence-electron chi connectivity index (χ4n) is 1.18. The highest BCUT2D eigenvalue weighted by molar-refractivity contribution is 5.72. The lowest BCUT2D eigenvalue weighted by Gasteiger charge is -1.98. The van der Waals surface area contributed by atoms with Crippen LogP contribution >= 0.6 is 0 Å². The second kappa shape index (κ2) is 7.90. The third-order valence-electron chi connectivity index (χ3n) is 1.98. The third kappa shape index (κ3) is 4.04. The number of halogens is 1. The van der Waals surface area contributed by atoms with Gasteiger partial charge in [-0.05, 0) is 6.92 Å². The highest BCUT2D eigenvalue weighted by Gasteiger charge is 2.11. The number of imidazole rings is 1. The summed E-state index contributed by atoms with van der Waals surface area (Å²) in [7, 11) is 1.87. The van der Waals surface area contributed by atoms with E-state index in [0.29, 0.717) is 13.3 Å². The minimum atomic E-state index is 0. The van der Waals surface area contributed by atoms with Crippen LogP contribution in [0.2, 0.25) is 0 Å². The molecule has 0 spiro atoms. The molecule has 1 heterocycles. The highest BCUT2D eigenvalue weighted by atomic mass is 35.5. The summed E-state index contributed by atoms with van der Waals surface area (Å²) in [6.07, 6.45) is 8.98. The van der Waals surface area contributed by atoms with Crippen LogP contribution in [0.3, 0.4) is 0 Å². The molecule has 0 amide bonds. The maximum Gasteiger partial charge on any atom is 0.305 e. The topological polar surface area (TPSA) is 50.6 Å². The van der Waals surface area contributed by atoms with E-state index in [-0.39, 0.29) is 12.4 Å². The van der Waals surface area contributed by atoms with Crippen LogP contribution in [0.4, 0.5) is 0 Å². The van der Waals surface area contributed by atoms with Gasteiger partial charge >= 0.3 is 5.82 Å². The first-order valence-electron chi connectivity index (χ1n) is 4.70. The van der Waals surface area contributed by atoms with E-state index >= 15 is 0 Å². The zero-order valence-electron chi connectivity index (χ0n) is 9.38. The van der Waals surface area contributed by atoms with Crippen LogP contribution in [0.15, 0.2) is 29.7 Å². The molecule has 0 saturated carbocycles. The van der Waals surface area contributed by atoms with Crippen molar-refractivity contribution in [1.29, 1.82) is 0 Å². The Hall–Kier alpha value is -1.33. The summed E-state index contributed by atoms with van der Waals surface area (Å²) in [5.74, 6) is 0.776. The minimum absolute atomic E-state index is 0. The van der Waals surface area contributed by atoms with E-state index in [0.717, 1.165) is 5.82 Å². The molecule has 1 aromatic rings. The average molecular weight is 246 g/mol. The summed E-state index contributed by atoms with van der Waals surface area (Å²) in [4.78, 5) is 0. The largest absolute Gasteiger partial charge is 1.00 e. The SMILES string of the molecule is C/C=C/COCn1cc[n+](C)c1/C=N/O.[Cl-]. The monoisotopic (exact) mass is 245 g/mol. The van der Waals surface area contributed by atoms with Crippen LogP contribution in [0, 0.1) is 0 Å². The van der Waals surface area contributed by atoms with Crippen molar-refractivity contribution in [1.82, 2.24) is 4.57 Å². The Morgan fingerprint density at radius 3 is 3.00 bits per heavy atom. The zero-order valence-corrected chi connectivity index (χ0v) is 10.1. The van der Waals surface area contributed by atoms with Crippen LogP contribution in [0.5, 0.6) is 0 Å². The Labute approximate surface area is 101 Å². The molecular weight excluding hydrogens is 230 g/mol. The van der Waals surface area contributed by atoms with E-state index in [4.69, 9.17) is 9.94 Å². The Bertz CT molecular complexity index is 361. The quantitative estimate of drug-likeness (QED) is 0.158. The molecule has 0 aliphatic rings. The molecule has 1 rings (SSSR count). The standard InChI is InChI=1S/C10H15N3O2.ClH/c1-3-4-7-15-9-13-6-5-12(2)10(13)8-11-14;/h3-6,8H,7,9H2,1-2H3;1H/b4-3+;. The number of oxime groups is 1. The average Bonchev–Trinajstić information content (AvgIpc) is 2.57. The molecule has 16 heavy (non-hydrogen) atoms. The molecule has 0 radical (unpaired) electrons. The van der Waals surface area contributed by atoms with E-state index in [9.17, 15) is 0 Å². The Morgan fingerprint density at radius 2 is 2.38 bits per heavy atom. The van der Waals surface area contributed by atoms with Gasteiger partial charge in [0, 0.05) is 0 Å². The van der Waals surface area contributed by atoms with Crippen molar-refractivity contribution in [2.75, 3.05) is 6.61 Å². The molecule has 1 N–H and O–H groups in total. The number of hydrogen-bond donors (Lipinski definition) is 1. The summed E-state index contributed by atoms with van der Waals surface area (Å²) >= 11 is 0. The molecule has 0 bridgehead atoms. The summed E-state index contributed by atoms with van der Waals surface area (Å²) in [6, 6.07) is 0. The predicted molar refractivity (Wildman–Crippen MR) is 55.8 cm³/mol. The van der Waals surface area contributed by atoms with Crippen molar-refractivity contribution in [2.45, 2.75) is 13.7 Å². The lowest BCUT2D eigenvalue weighted by molar-refractivity contribution is -0.672. The first-order chi connectivity index (χ1) is 7.29. The molecular formula is C10H16ClN3O2. The molecule has 5 nitrogen and oxygen atoms in total. The summed E-state index contributed by atoms with van der Waals surface area (Å²) in [5.41, 5.74) is 0. The first kappa shape index (κ1) is 14.7. The molecule has 1 aromatic heterocycles. The molecule has 0 aromatic carbocycles. The number of rotatable bonds is 5. The summed E-state index contributed by atoms with van der Waals surface area (Å²) in [6.45, 7) is 2.96. The first-order valence-corrected chi connectivity index (χ1v) is 4.70. The molecule has 0 unspecified atom stereocenters. The van der Waals surface area contributed by atoms with Gasteiger partial charge in [0.2, 0.25) is 0 Å². The van der Waals surface area contributed by atoms with Crippen molar-refractivity contribution in [3.63, 3.8) is 0 Å². The van der Waals surface area contributed by atoms with Gasteiger partial charge in [0.15, 0.2) is 12.9 Å². The smallest absolute Gasteiger partial charge is 0.305 e. The summed E-state index contributed by atoms with van der Waals surface area (Å²) < 4.78 is 9.08. The number of aromatic nitrogens is 2. The normalized spacial score (nSPS) is 11.1. The fourth-order valence-corrected chi connectivity index (χ4v) is 1.18. The molecule has 0 aliphatic heterocycles. The number of ether oxygens (including phenoxy) is 1. The van der Waals surface area contributed by atoms with Crippen LogP contribution in [-0.2, 0) is 18.5 Å². The van der Waals surface area contributed by atoms with Crippen molar-refractivity contribution in [3.05, 3.63) is 30.4 Å². The molecule has 0 saturated heterocycles. The molecule has 90 valence electrons. The number of hydrogen-bond acceptors (Lipinski definition) is 3. The van der Waals surface area contributed by atoms with Gasteiger partial charge in [-0.15, -0.1) is 0 Å². The summed E-state index contributed by atoms with van der Waals surface area (Å²) in [5, 5.41) is 11.5. The van der Waals surface area contributed by atoms with Gasteiger partial charge in [-0.1, -0.05) is 17.3 Å². The Kier molecular flexibility index (Phi) is 7.24. The van der Waals surface area contributed by atoms with Gasteiger partial charge in [-0.25, -0.2) is 9.13 Å². The van der Waals surface area contributed by atoms with Crippen molar-refractivity contribution >= 4 is 6.21 Å². The van der Waals surface area contributed by atoms with Gasteiger partial charge in [0.1, 0.15) is 12.4 Å². The van der Waals surface area contributed by atoms with E-state index in [1.54, 1.807) is 0 Å². The van der Waals surface area contributed by atoms with Crippen LogP contribution in [0.1, 0.15) is 12.7 Å². The van der Waals surface area contributed by atoms with Gasteiger partial charge in [0.25, 0.3) is 0 Å². The van der Waals surface area contributed by atoms with Gasteiger partial charge in [0.05, 0.1) is 13.7 Å². The second-order valence-corrected chi connectivity index (χ2v) is 3.05. The maximum atomic E-state index is 8.49. The Balaban J connectivity index is 0.00000225. The second-order valence-electron chi connectivity index (χ2n) is 3.05. The molecule has 0 fully saturated rings. The lowest BCUT2D eigenvalue weighted by atomic mass is 10.6. The molecule has 0 aliphatic carbocycles. The number of aryl methyl sites for hydroxylation is 1. The fraction of sp³-hybridized carbons (Fsp3) is 0.400. The van der Waals surface area contributed by atoms with E-state index in [2.05, 4.69) is 5.16 Å². The number of nitrogens with zero attached hydrogens (tertiary/aromatic N) is 3. The van der Waals surface area contributed by atoms with Gasteiger partial charge in [-0.2, -0.15) is 0 Å². The van der Waals surface area contributed by atoms with Gasteiger partial charge in [-0.3, -0.25) is 0 Å². The Morgan fingerprint density at radius 1 is 1.62 bits per heavy atom. The number of allylic oxidation sites excluding steroid dienone is 1. The highest BCUT2D eigenvalue weighted by Crippen LogP contribution is 1.93. The maximum absolute atomic E-state index is 8.49. The van der Waals surface area contributed by atoms with Crippen molar-refractivity contribution in [2.24, 2.45) is 12.2 Å². The lowest BCUT2D eigenvalue weighted by Crippen LogP contribution is -3.00. The van der Waals surface area contributed by atoms with Gasteiger partial charge < -0.3 is 22.4 Å². The minimum Gasteiger partial charge on any atom is -1.00 e. The van der Waals surface area contributed by atoms with E-state index in [1.165, 1.54) is 6.21 Å². The predicted octanol–water partition coefficient (Wildman–Crippen LogP) is -2.33. The molecule has 6 heteroatoms. The molecule has 0 atom stereocenters. The van der Waals surface area contributed by atoms with Crippen LogP contribution in [-0.4, -0.2) is 22.6 Å².